The van der Waals surface area contributed by atoms with E-state index in [0.29, 0.717) is 22.6 Å². The molecule has 2 saturated carbocycles. The van der Waals surface area contributed by atoms with Gasteiger partial charge in [-0.3, -0.25) is 15.6 Å². The van der Waals surface area contributed by atoms with Crippen molar-refractivity contribution in [2.75, 3.05) is 25.4 Å². The second kappa shape index (κ2) is 13.9. The minimum Gasteiger partial charge on any atom is -0.484 e. The Balaban J connectivity index is 1.34. The Morgan fingerprint density at radius 2 is 1.61 bits per heavy atom. The topological polar surface area (TPSA) is 53.6 Å². The number of hydrogen-bond donors (Lipinski definition) is 2. The number of hydrogen-bond acceptors (Lipinski definition) is 5. The fraction of sp³-hybridized carbons (Fsp3) is 0.781. The molecule has 6 heteroatoms. The molecule has 4 fully saturated rings. The third-order valence-electron chi connectivity index (χ3n) is 10.1. The number of carbonyl (C=O) groups excluding carboxylic acids is 1. The number of ether oxygens (including phenoxy) is 1. The van der Waals surface area contributed by atoms with E-state index >= 15 is 0 Å². The Morgan fingerprint density at radius 1 is 0.947 bits per heavy atom. The molecule has 2 aliphatic heterocycles. The summed E-state index contributed by atoms with van der Waals surface area (Å²) in [4.78, 5) is 16.3. The number of thioether (sulfide) groups is 1. The Labute approximate surface area is 235 Å². The summed E-state index contributed by atoms with van der Waals surface area (Å²) < 4.78 is 6.08. The number of benzene rings is 1. The number of nitrogens with one attached hydrogen (secondary N) is 2. The summed E-state index contributed by atoms with van der Waals surface area (Å²) in [5.74, 6) is 2.83. The lowest BCUT2D eigenvalue weighted by molar-refractivity contribution is -0.136. The highest BCUT2D eigenvalue weighted by molar-refractivity contribution is 8.00. The van der Waals surface area contributed by atoms with Crippen molar-refractivity contribution in [3.63, 3.8) is 0 Å². The van der Waals surface area contributed by atoms with Gasteiger partial charge in [0.2, 0.25) is 0 Å². The van der Waals surface area contributed by atoms with Crippen LogP contribution >= 0.6 is 11.8 Å². The molecule has 1 amide bonds. The van der Waals surface area contributed by atoms with E-state index in [-0.39, 0.29) is 18.6 Å². The molecule has 212 valence electrons. The first-order chi connectivity index (χ1) is 18.6. The molecule has 5 rings (SSSR count). The summed E-state index contributed by atoms with van der Waals surface area (Å²) >= 11 is 2.15. The van der Waals surface area contributed by atoms with Crippen LogP contribution in [0.3, 0.4) is 0 Å². The standard InChI is InChI=1S/C32H51N3O2S/c1-25-14-16-27(17-15-25)37-24-30(36)35(23-29-32(20-21-38-29)18-10-6-3-7-11-19-32)28-22-33-34-31(28)26-12-8-4-2-5-9-13-26/h14-17,26,28-29,31,33-34H,2-13,18-24H2,1H3. The second-order valence-electron chi connectivity index (χ2n) is 12.6. The normalized spacial score (nSPS) is 28.8. The zero-order chi connectivity index (χ0) is 26.2. The molecule has 3 atom stereocenters. The van der Waals surface area contributed by atoms with E-state index in [4.69, 9.17) is 4.74 Å². The zero-order valence-electron chi connectivity index (χ0n) is 23.7. The van der Waals surface area contributed by atoms with Gasteiger partial charge in [0.25, 0.3) is 5.91 Å². The molecule has 1 aromatic carbocycles. The maximum absolute atomic E-state index is 14.0. The van der Waals surface area contributed by atoms with Crippen molar-refractivity contribution in [1.82, 2.24) is 15.8 Å². The van der Waals surface area contributed by atoms with Gasteiger partial charge in [0.15, 0.2) is 6.61 Å². The van der Waals surface area contributed by atoms with E-state index in [1.54, 1.807) is 0 Å². The van der Waals surface area contributed by atoms with Crippen LogP contribution in [0.5, 0.6) is 5.75 Å². The van der Waals surface area contributed by atoms with Crippen LogP contribution in [0, 0.1) is 18.3 Å². The fourth-order valence-electron chi connectivity index (χ4n) is 7.72. The number of nitrogens with zero attached hydrogens (tertiary/aromatic N) is 1. The smallest absolute Gasteiger partial charge is 0.260 e. The van der Waals surface area contributed by atoms with Crippen molar-refractivity contribution in [2.45, 2.75) is 121 Å². The summed E-state index contributed by atoms with van der Waals surface area (Å²) in [6, 6.07) is 8.61. The monoisotopic (exact) mass is 541 g/mol. The molecule has 2 saturated heterocycles. The summed E-state index contributed by atoms with van der Waals surface area (Å²) in [5, 5.41) is 0.544. The lowest BCUT2D eigenvalue weighted by Crippen LogP contribution is -2.55. The molecule has 0 aromatic heterocycles. The average Bonchev–Trinajstić information content (AvgIpc) is 3.52. The van der Waals surface area contributed by atoms with Crippen molar-refractivity contribution in [2.24, 2.45) is 11.3 Å². The van der Waals surface area contributed by atoms with Crippen molar-refractivity contribution in [3.8, 4) is 5.75 Å². The SMILES string of the molecule is Cc1ccc(OCC(=O)N(CC2SCCC23CCCCCCC3)C2CNNC2C2CCCCCCC2)cc1. The van der Waals surface area contributed by atoms with Gasteiger partial charge in [0.1, 0.15) is 5.75 Å². The molecule has 1 spiro atoms. The molecule has 2 N–H and O–H groups in total. The molecule has 1 aromatic rings. The maximum Gasteiger partial charge on any atom is 0.260 e. The second-order valence-corrected chi connectivity index (χ2v) is 13.9. The van der Waals surface area contributed by atoms with E-state index in [1.807, 2.05) is 12.1 Å². The zero-order valence-corrected chi connectivity index (χ0v) is 24.5. The summed E-state index contributed by atoms with van der Waals surface area (Å²) in [7, 11) is 0. The molecule has 0 bridgehead atoms. The summed E-state index contributed by atoms with van der Waals surface area (Å²) in [6.07, 6.45) is 20.2. The van der Waals surface area contributed by atoms with Gasteiger partial charge in [-0.15, -0.1) is 0 Å². The molecule has 4 aliphatic rings. The lowest BCUT2D eigenvalue weighted by atomic mass is 9.71. The highest BCUT2D eigenvalue weighted by Gasteiger charge is 2.46. The third kappa shape index (κ3) is 7.09. The summed E-state index contributed by atoms with van der Waals surface area (Å²) in [5.41, 5.74) is 8.78. The van der Waals surface area contributed by atoms with Crippen LogP contribution in [-0.2, 0) is 4.79 Å². The minimum atomic E-state index is 0.126. The van der Waals surface area contributed by atoms with Gasteiger partial charge in [0, 0.05) is 24.4 Å². The highest BCUT2D eigenvalue weighted by Crippen LogP contribution is 2.51. The Bertz CT molecular complexity index is 862. The van der Waals surface area contributed by atoms with E-state index in [2.05, 4.69) is 46.6 Å². The molecule has 2 aliphatic carbocycles. The molecule has 0 radical (unpaired) electrons. The van der Waals surface area contributed by atoms with Crippen LogP contribution in [0.4, 0.5) is 0 Å². The maximum atomic E-state index is 14.0. The van der Waals surface area contributed by atoms with E-state index < -0.39 is 0 Å². The van der Waals surface area contributed by atoms with Gasteiger partial charge in [0.05, 0.1) is 6.04 Å². The average molecular weight is 542 g/mol. The largest absolute Gasteiger partial charge is 0.484 e. The van der Waals surface area contributed by atoms with Crippen molar-refractivity contribution in [3.05, 3.63) is 29.8 Å². The summed E-state index contributed by atoms with van der Waals surface area (Å²) in [6.45, 7) is 3.91. The first-order valence-corrected chi connectivity index (χ1v) is 16.8. The first kappa shape index (κ1) is 28.3. The quantitative estimate of drug-likeness (QED) is 0.405. The van der Waals surface area contributed by atoms with Crippen LogP contribution in [-0.4, -0.2) is 53.6 Å². The Morgan fingerprint density at radius 3 is 2.32 bits per heavy atom. The number of rotatable bonds is 7. The van der Waals surface area contributed by atoms with Crippen LogP contribution in [0.15, 0.2) is 24.3 Å². The fourth-order valence-corrected chi connectivity index (χ4v) is 9.50. The van der Waals surface area contributed by atoms with Crippen LogP contribution in [0.1, 0.15) is 102 Å². The molecular weight excluding hydrogens is 490 g/mol. The number of amides is 1. The number of aryl methyl sites for hydroxylation is 1. The van der Waals surface area contributed by atoms with Crippen LogP contribution < -0.4 is 15.6 Å². The molecule has 38 heavy (non-hydrogen) atoms. The molecular formula is C32H51N3O2S. The van der Waals surface area contributed by atoms with Gasteiger partial charge in [-0.2, -0.15) is 11.8 Å². The van der Waals surface area contributed by atoms with Gasteiger partial charge < -0.3 is 9.64 Å². The number of hydrazine groups is 1. The van der Waals surface area contributed by atoms with Gasteiger partial charge in [-0.25, -0.2) is 0 Å². The lowest BCUT2D eigenvalue weighted by Gasteiger charge is -2.42. The minimum absolute atomic E-state index is 0.126. The van der Waals surface area contributed by atoms with E-state index in [9.17, 15) is 4.79 Å². The van der Waals surface area contributed by atoms with E-state index in [0.717, 1.165) is 18.8 Å². The first-order valence-electron chi connectivity index (χ1n) is 15.7. The van der Waals surface area contributed by atoms with Crippen molar-refractivity contribution in [1.29, 1.82) is 0 Å². The molecule has 2 heterocycles. The van der Waals surface area contributed by atoms with Crippen molar-refractivity contribution < 1.29 is 9.53 Å². The van der Waals surface area contributed by atoms with Gasteiger partial charge in [-0.1, -0.05) is 81.9 Å². The van der Waals surface area contributed by atoms with Gasteiger partial charge in [-0.05, 0) is 68.2 Å². The van der Waals surface area contributed by atoms with E-state index in [1.165, 1.54) is 108 Å². The van der Waals surface area contributed by atoms with Gasteiger partial charge >= 0.3 is 0 Å². The predicted molar refractivity (Wildman–Crippen MR) is 159 cm³/mol. The predicted octanol–water partition coefficient (Wildman–Crippen LogP) is 6.64. The van der Waals surface area contributed by atoms with Crippen molar-refractivity contribution >= 4 is 17.7 Å². The molecule has 3 unspecified atom stereocenters. The number of carbonyl (C=O) groups is 1. The van der Waals surface area contributed by atoms with Crippen LogP contribution in [0.25, 0.3) is 0 Å². The molecule has 5 nitrogen and oxygen atoms in total. The van der Waals surface area contributed by atoms with Crippen LogP contribution in [0.2, 0.25) is 0 Å². The highest BCUT2D eigenvalue weighted by atomic mass is 32.2. The third-order valence-corrected chi connectivity index (χ3v) is 11.6. The Hall–Kier alpha value is -1.24. The Kier molecular flexibility index (Phi) is 10.3.